The van der Waals surface area contributed by atoms with Crippen molar-refractivity contribution in [3.8, 4) is 0 Å². The van der Waals surface area contributed by atoms with Gasteiger partial charge in [0.25, 0.3) is 0 Å². The average Bonchev–Trinajstić information content (AvgIpc) is 3.24. The molecule has 0 N–H and O–H groups in total. The first-order chi connectivity index (χ1) is 12.0. The van der Waals surface area contributed by atoms with Gasteiger partial charge in [-0.05, 0) is 70.2 Å². The Labute approximate surface area is 156 Å². The molecule has 0 aromatic carbocycles. The number of likely N-dealkylation sites (tertiary alicyclic amines) is 1. The molecule has 3 heterocycles. The maximum Gasteiger partial charge on any atom is 0.0538 e. The Bertz CT molecular complexity index is 666. The van der Waals surface area contributed by atoms with E-state index in [4.69, 9.17) is 4.74 Å². The highest BCUT2D eigenvalue weighted by atomic mass is 32.1. The Morgan fingerprint density at radius 2 is 2.16 bits per heavy atom. The van der Waals surface area contributed by atoms with Crippen LogP contribution in [0.2, 0.25) is 0 Å². The van der Waals surface area contributed by atoms with Gasteiger partial charge in [-0.2, -0.15) is 0 Å². The van der Waals surface area contributed by atoms with Crippen molar-refractivity contribution in [1.82, 2.24) is 9.88 Å². The monoisotopic (exact) mass is 358 g/mol. The molecule has 1 aliphatic rings. The van der Waals surface area contributed by atoms with E-state index in [1.165, 1.54) is 16.9 Å². The predicted octanol–water partition coefficient (Wildman–Crippen LogP) is 4.66. The molecule has 4 heteroatoms. The molecule has 0 saturated carbocycles. The summed E-state index contributed by atoms with van der Waals surface area (Å²) in [5.41, 5.74) is 2.58. The van der Waals surface area contributed by atoms with Crippen LogP contribution in [-0.2, 0) is 16.7 Å². The van der Waals surface area contributed by atoms with Crippen LogP contribution >= 0.6 is 11.3 Å². The molecule has 0 bridgehead atoms. The van der Waals surface area contributed by atoms with Crippen LogP contribution in [0.1, 0.15) is 43.3 Å². The summed E-state index contributed by atoms with van der Waals surface area (Å²) in [5.74, 6) is 0. The maximum atomic E-state index is 5.92. The Kier molecular flexibility index (Phi) is 5.62. The number of aryl methyl sites for hydroxylation is 1. The molecule has 0 spiro atoms. The summed E-state index contributed by atoms with van der Waals surface area (Å²) < 4.78 is 5.92. The molecule has 0 aliphatic carbocycles. The van der Waals surface area contributed by atoms with Crippen molar-refractivity contribution in [1.29, 1.82) is 0 Å². The van der Waals surface area contributed by atoms with Gasteiger partial charge < -0.3 is 4.74 Å². The van der Waals surface area contributed by atoms with Gasteiger partial charge in [0.1, 0.15) is 0 Å². The molecule has 3 rings (SSSR count). The topological polar surface area (TPSA) is 25.4 Å². The number of hydrogen-bond acceptors (Lipinski definition) is 4. The third-order valence-electron chi connectivity index (χ3n) is 5.59. The lowest BCUT2D eigenvalue weighted by Crippen LogP contribution is -2.42. The van der Waals surface area contributed by atoms with Crippen LogP contribution in [0, 0.1) is 12.3 Å². The number of rotatable bonds is 7. The zero-order chi connectivity index (χ0) is 17.9. The molecule has 2 aromatic heterocycles. The number of thiophene rings is 1. The van der Waals surface area contributed by atoms with Crippen LogP contribution < -0.4 is 0 Å². The fourth-order valence-electron chi connectivity index (χ4n) is 3.84. The van der Waals surface area contributed by atoms with Gasteiger partial charge in [0.05, 0.1) is 6.61 Å². The van der Waals surface area contributed by atoms with Crippen molar-refractivity contribution >= 4 is 11.3 Å². The normalized spacial score (nSPS) is 21.8. The van der Waals surface area contributed by atoms with Crippen LogP contribution in [0.25, 0.3) is 0 Å². The third kappa shape index (κ3) is 4.13. The molecule has 1 atom stereocenters. The molecule has 3 nitrogen and oxygen atoms in total. The minimum atomic E-state index is -0.00981. The van der Waals surface area contributed by atoms with Gasteiger partial charge in [-0.15, -0.1) is 11.3 Å². The van der Waals surface area contributed by atoms with Gasteiger partial charge in [-0.3, -0.25) is 9.88 Å². The number of ether oxygens (including phenoxy) is 1. The van der Waals surface area contributed by atoms with E-state index in [1.807, 2.05) is 24.5 Å². The second-order valence-electron chi connectivity index (χ2n) is 7.81. The summed E-state index contributed by atoms with van der Waals surface area (Å²) in [6.07, 6.45) is 4.34. The van der Waals surface area contributed by atoms with Crippen LogP contribution in [0.3, 0.4) is 0 Å². The quantitative estimate of drug-likeness (QED) is 0.720. The second-order valence-corrected chi connectivity index (χ2v) is 8.84. The fourth-order valence-corrected chi connectivity index (χ4v) is 4.72. The summed E-state index contributed by atoms with van der Waals surface area (Å²) in [7, 11) is 0. The van der Waals surface area contributed by atoms with Crippen LogP contribution in [0.4, 0.5) is 0 Å². The minimum Gasteiger partial charge on any atom is -0.381 e. The molecule has 0 radical (unpaired) electrons. The van der Waals surface area contributed by atoms with E-state index in [2.05, 4.69) is 60.3 Å². The zero-order valence-corrected chi connectivity index (χ0v) is 16.7. The number of nitrogens with zero attached hydrogens (tertiary/aromatic N) is 2. The molecular weight excluding hydrogens is 328 g/mol. The standard InChI is InChI=1S/C21H30N2OS/c1-5-24-16-21(13-19-7-6-12-25-19)10-11-23(15-21)20(3,4)18-9-8-17(2)22-14-18/h6-9,12,14H,5,10-11,13,15-16H2,1-4H3. The van der Waals surface area contributed by atoms with E-state index < -0.39 is 0 Å². The molecule has 1 unspecified atom stereocenters. The van der Waals surface area contributed by atoms with Crippen molar-refractivity contribution in [3.05, 3.63) is 52.0 Å². The third-order valence-corrected chi connectivity index (χ3v) is 6.46. The summed E-state index contributed by atoms with van der Waals surface area (Å²) in [6.45, 7) is 12.6. The van der Waals surface area contributed by atoms with Crippen molar-refractivity contribution in [2.75, 3.05) is 26.3 Å². The molecule has 25 heavy (non-hydrogen) atoms. The number of hydrogen-bond donors (Lipinski definition) is 0. The second kappa shape index (κ2) is 7.56. The molecule has 1 fully saturated rings. The first-order valence-corrected chi connectivity index (χ1v) is 10.1. The van der Waals surface area contributed by atoms with Crippen molar-refractivity contribution in [2.45, 2.75) is 46.1 Å². The highest BCUT2D eigenvalue weighted by Crippen LogP contribution is 2.41. The van der Waals surface area contributed by atoms with Crippen LogP contribution in [0.15, 0.2) is 35.8 Å². The van der Waals surface area contributed by atoms with Crippen molar-refractivity contribution < 1.29 is 4.74 Å². The first kappa shape index (κ1) is 18.6. The number of pyridine rings is 1. The Balaban J connectivity index is 1.79. The summed E-state index contributed by atoms with van der Waals surface area (Å²) in [4.78, 5) is 8.60. The van der Waals surface area contributed by atoms with Crippen LogP contribution in [-0.4, -0.2) is 36.2 Å². The lowest BCUT2D eigenvalue weighted by Gasteiger charge is -2.38. The summed E-state index contributed by atoms with van der Waals surface area (Å²) >= 11 is 1.86. The zero-order valence-electron chi connectivity index (χ0n) is 15.9. The number of aromatic nitrogens is 1. The summed E-state index contributed by atoms with van der Waals surface area (Å²) in [5, 5.41) is 2.18. The largest absolute Gasteiger partial charge is 0.381 e. The molecule has 2 aromatic rings. The van der Waals surface area contributed by atoms with E-state index in [-0.39, 0.29) is 11.0 Å². The lowest BCUT2D eigenvalue weighted by molar-refractivity contribution is 0.0437. The summed E-state index contributed by atoms with van der Waals surface area (Å²) in [6, 6.07) is 8.76. The van der Waals surface area contributed by atoms with Crippen molar-refractivity contribution in [3.63, 3.8) is 0 Å². The Morgan fingerprint density at radius 3 is 2.80 bits per heavy atom. The smallest absolute Gasteiger partial charge is 0.0538 e. The predicted molar refractivity (Wildman–Crippen MR) is 105 cm³/mol. The van der Waals surface area contributed by atoms with Gasteiger partial charge in [0, 0.05) is 40.9 Å². The molecule has 0 amide bonds. The van der Waals surface area contributed by atoms with Gasteiger partial charge in [0.2, 0.25) is 0 Å². The average molecular weight is 359 g/mol. The highest BCUT2D eigenvalue weighted by Gasteiger charge is 2.44. The van der Waals surface area contributed by atoms with Gasteiger partial charge in [-0.1, -0.05) is 12.1 Å². The molecule has 1 saturated heterocycles. The van der Waals surface area contributed by atoms with E-state index >= 15 is 0 Å². The fraction of sp³-hybridized carbons (Fsp3) is 0.571. The molecular formula is C21H30N2OS. The molecule has 136 valence electrons. The van der Waals surface area contributed by atoms with E-state index in [0.29, 0.717) is 0 Å². The van der Waals surface area contributed by atoms with Crippen molar-refractivity contribution in [2.24, 2.45) is 5.41 Å². The van der Waals surface area contributed by atoms with E-state index in [1.54, 1.807) is 0 Å². The van der Waals surface area contributed by atoms with Gasteiger partial charge in [-0.25, -0.2) is 0 Å². The van der Waals surface area contributed by atoms with Gasteiger partial charge >= 0.3 is 0 Å². The highest BCUT2D eigenvalue weighted by molar-refractivity contribution is 7.09. The first-order valence-electron chi connectivity index (χ1n) is 9.23. The minimum absolute atomic E-state index is 0.00981. The van der Waals surface area contributed by atoms with Crippen LogP contribution in [0.5, 0.6) is 0 Å². The Morgan fingerprint density at radius 1 is 1.32 bits per heavy atom. The Hall–Kier alpha value is -1.23. The van der Waals surface area contributed by atoms with E-state index in [9.17, 15) is 0 Å². The van der Waals surface area contributed by atoms with E-state index in [0.717, 1.165) is 38.4 Å². The van der Waals surface area contributed by atoms with Gasteiger partial charge in [0.15, 0.2) is 0 Å². The lowest BCUT2D eigenvalue weighted by atomic mass is 9.83. The molecule has 1 aliphatic heterocycles. The maximum absolute atomic E-state index is 5.92. The SMILES string of the molecule is CCOCC1(Cc2cccs2)CCN(C(C)(C)c2ccc(C)nc2)C1.